The number of nitrogens with one attached hydrogen (secondary N) is 1. The highest BCUT2D eigenvalue weighted by molar-refractivity contribution is 5.76. The van der Waals surface area contributed by atoms with Crippen molar-refractivity contribution in [2.75, 3.05) is 13.2 Å². The lowest BCUT2D eigenvalue weighted by Crippen LogP contribution is -2.45. The van der Waals surface area contributed by atoms with Crippen LogP contribution in [0.25, 0.3) is 0 Å². The van der Waals surface area contributed by atoms with Crippen molar-refractivity contribution in [1.29, 1.82) is 0 Å². The Labute approximate surface area is 448 Å². The van der Waals surface area contributed by atoms with Crippen LogP contribution in [0.2, 0.25) is 0 Å². The van der Waals surface area contributed by atoms with E-state index in [1.807, 2.05) is 6.08 Å². The van der Waals surface area contributed by atoms with Gasteiger partial charge in [-0.3, -0.25) is 9.59 Å². The molecule has 6 nitrogen and oxygen atoms in total. The van der Waals surface area contributed by atoms with Crippen LogP contribution in [0.15, 0.2) is 60.8 Å². The monoisotopic (exact) mass is 1010 g/mol. The molecule has 420 valence electrons. The van der Waals surface area contributed by atoms with Crippen LogP contribution < -0.4 is 5.32 Å². The van der Waals surface area contributed by atoms with Gasteiger partial charge < -0.3 is 20.3 Å². The second-order valence-corrected chi connectivity index (χ2v) is 21.4. The van der Waals surface area contributed by atoms with E-state index in [4.69, 9.17) is 4.74 Å². The summed E-state index contributed by atoms with van der Waals surface area (Å²) in [4.78, 5) is 24.5. The van der Waals surface area contributed by atoms with Crippen LogP contribution in [0, 0.1) is 0 Å². The highest BCUT2D eigenvalue weighted by atomic mass is 16.5. The molecule has 0 fully saturated rings. The maximum atomic E-state index is 12.5. The van der Waals surface area contributed by atoms with Crippen molar-refractivity contribution < 1.29 is 24.5 Å². The number of hydrogen-bond acceptors (Lipinski definition) is 5. The molecule has 2 atom stereocenters. The number of aliphatic hydroxyl groups excluding tert-OH is 2. The Morgan fingerprint density at radius 2 is 0.722 bits per heavy atom. The molecule has 6 heteroatoms. The minimum atomic E-state index is -0.850. The SMILES string of the molecule is CCC/C=C\C/C=C\CCCCCCCC(=O)OCCCCCCCCCCC/C=C\C/C=C\CCCCCCCCCCCC(=O)NC(CO)C(O)/C=C/CCCCCCCCCCCCCCCCC. The van der Waals surface area contributed by atoms with Gasteiger partial charge in [0.1, 0.15) is 0 Å². The lowest BCUT2D eigenvalue weighted by atomic mass is 10.0. The average Bonchev–Trinajstić information content (AvgIpc) is 3.38. The van der Waals surface area contributed by atoms with Gasteiger partial charge in [-0.25, -0.2) is 0 Å². The molecule has 0 saturated carbocycles. The Morgan fingerprint density at radius 3 is 1.11 bits per heavy atom. The summed E-state index contributed by atoms with van der Waals surface area (Å²) < 4.78 is 5.46. The minimum absolute atomic E-state index is 0.00739. The molecule has 0 heterocycles. The highest BCUT2D eigenvalue weighted by Crippen LogP contribution is 2.16. The number of allylic oxidation sites excluding steroid dienone is 9. The van der Waals surface area contributed by atoms with Crippen molar-refractivity contribution in [3.05, 3.63) is 60.8 Å². The highest BCUT2D eigenvalue weighted by Gasteiger charge is 2.18. The van der Waals surface area contributed by atoms with Gasteiger partial charge in [0.25, 0.3) is 0 Å². The molecule has 0 aliphatic heterocycles. The van der Waals surface area contributed by atoms with E-state index in [2.05, 4.69) is 67.8 Å². The molecule has 0 aromatic carbocycles. The van der Waals surface area contributed by atoms with Crippen molar-refractivity contribution in [3.63, 3.8) is 0 Å². The maximum absolute atomic E-state index is 12.5. The fourth-order valence-corrected chi connectivity index (χ4v) is 9.41. The van der Waals surface area contributed by atoms with E-state index < -0.39 is 12.1 Å². The average molecular weight is 1010 g/mol. The van der Waals surface area contributed by atoms with E-state index >= 15 is 0 Å². The van der Waals surface area contributed by atoms with Gasteiger partial charge in [0, 0.05) is 12.8 Å². The normalized spacial score (nSPS) is 13.0. The number of amides is 1. The van der Waals surface area contributed by atoms with Gasteiger partial charge in [0.15, 0.2) is 0 Å². The summed E-state index contributed by atoms with van der Waals surface area (Å²) >= 11 is 0. The van der Waals surface area contributed by atoms with Gasteiger partial charge in [-0.15, -0.1) is 0 Å². The molecule has 1 amide bonds. The number of carbonyl (C=O) groups excluding carboxylic acids is 2. The molecule has 0 aromatic heterocycles. The zero-order valence-electron chi connectivity index (χ0n) is 47.9. The Morgan fingerprint density at radius 1 is 0.389 bits per heavy atom. The first-order chi connectivity index (χ1) is 35.5. The second kappa shape index (κ2) is 61.1. The van der Waals surface area contributed by atoms with Crippen molar-refractivity contribution in [2.24, 2.45) is 0 Å². The van der Waals surface area contributed by atoms with Crippen LogP contribution in [-0.2, 0) is 14.3 Å². The van der Waals surface area contributed by atoms with E-state index in [9.17, 15) is 19.8 Å². The largest absolute Gasteiger partial charge is 0.466 e. The van der Waals surface area contributed by atoms with Crippen LogP contribution in [0.3, 0.4) is 0 Å². The van der Waals surface area contributed by atoms with Gasteiger partial charge in [-0.2, -0.15) is 0 Å². The topological polar surface area (TPSA) is 95.9 Å². The van der Waals surface area contributed by atoms with Gasteiger partial charge in [-0.05, 0) is 89.9 Å². The Kier molecular flexibility index (Phi) is 59.0. The molecule has 0 aromatic rings. The molecule has 0 saturated heterocycles. The Balaban J connectivity index is 3.47. The summed E-state index contributed by atoms with van der Waals surface area (Å²) in [6, 6.07) is -0.634. The quantitative estimate of drug-likeness (QED) is 0.0320. The first-order valence-corrected chi connectivity index (χ1v) is 31.6. The molecule has 0 aliphatic rings. The lowest BCUT2D eigenvalue weighted by Gasteiger charge is -2.20. The number of hydrogen-bond donors (Lipinski definition) is 3. The number of rotatable bonds is 58. The zero-order valence-corrected chi connectivity index (χ0v) is 47.9. The molecule has 0 bridgehead atoms. The number of esters is 1. The second-order valence-electron chi connectivity index (χ2n) is 21.4. The number of ether oxygens (including phenoxy) is 1. The van der Waals surface area contributed by atoms with E-state index in [1.54, 1.807) is 6.08 Å². The molecule has 3 N–H and O–H groups in total. The third-order valence-corrected chi connectivity index (χ3v) is 14.2. The van der Waals surface area contributed by atoms with E-state index in [-0.39, 0.29) is 18.5 Å². The standard InChI is InChI=1S/C66H121NO5/c1-3-5-7-9-11-13-15-17-18-28-31-35-38-42-46-50-54-58-64(69)63(62-68)67-65(70)59-55-51-47-43-39-36-32-29-26-24-22-20-19-21-23-25-27-30-33-37-41-45-49-53-57-61-72-66(71)60-56-52-48-44-40-34-16-14-12-10-8-6-4-2/h8,10,14,16,20-23,54,58,63-64,68-69H,3-7,9,11-13,15,17-19,24-53,55-57,59-62H2,1-2H3,(H,67,70)/b10-8-,16-14-,22-20-,23-21-,58-54+. The number of carbonyl (C=O) groups is 2. The Bertz CT molecular complexity index is 1250. The molecule has 0 rings (SSSR count). The first kappa shape index (κ1) is 69.6. The molecule has 72 heavy (non-hydrogen) atoms. The zero-order chi connectivity index (χ0) is 52.2. The summed E-state index contributed by atoms with van der Waals surface area (Å²) in [6.07, 6.45) is 79.8. The fourth-order valence-electron chi connectivity index (χ4n) is 9.41. The Hall–Kier alpha value is -2.44. The third kappa shape index (κ3) is 56.8. The van der Waals surface area contributed by atoms with E-state index in [0.29, 0.717) is 19.4 Å². The fraction of sp³-hybridized carbons (Fsp3) is 0.818. The van der Waals surface area contributed by atoms with Crippen LogP contribution in [0.5, 0.6) is 0 Å². The van der Waals surface area contributed by atoms with Gasteiger partial charge in [0.05, 0.1) is 25.4 Å². The summed E-state index contributed by atoms with van der Waals surface area (Å²) in [5.74, 6) is -0.0808. The molecule has 2 unspecified atom stereocenters. The molecule has 0 aliphatic carbocycles. The van der Waals surface area contributed by atoms with Crippen LogP contribution >= 0.6 is 0 Å². The predicted molar refractivity (Wildman–Crippen MR) is 315 cm³/mol. The smallest absolute Gasteiger partial charge is 0.305 e. The van der Waals surface area contributed by atoms with Crippen molar-refractivity contribution in [2.45, 2.75) is 334 Å². The summed E-state index contributed by atoms with van der Waals surface area (Å²) in [7, 11) is 0. The van der Waals surface area contributed by atoms with Crippen LogP contribution in [-0.4, -0.2) is 47.4 Å². The molecule has 0 radical (unpaired) electrons. The molecular weight excluding hydrogens is 887 g/mol. The van der Waals surface area contributed by atoms with Crippen molar-refractivity contribution in [1.82, 2.24) is 5.32 Å². The lowest BCUT2D eigenvalue weighted by molar-refractivity contribution is -0.143. The van der Waals surface area contributed by atoms with Gasteiger partial charge >= 0.3 is 5.97 Å². The van der Waals surface area contributed by atoms with Crippen molar-refractivity contribution in [3.8, 4) is 0 Å². The van der Waals surface area contributed by atoms with E-state index in [0.717, 1.165) is 57.8 Å². The number of unbranched alkanes of at least 4 members (excludes halogenated alkanes) is 39. The van der Waals surface area contributed by atoms with Gasteiger partial charge in [0.2, 0.25) is 5.91 Å². The van der Waals surface area contributed by atoms with E-state index in [1.165, 1.54) is 238 Å². The summed E-state index contributed by atoms with van der Waals surface area (Å²) in [5, 5.41) is 23.2. The molecular formula is C66H121NO5. The summed E-state index contributed by atoms with van der Waals surface area (Å²) in [6.45, 7) is 4.84. The third-order valence-electron chi connectivity index (χ3n) is 14.2. The predicted octanol–water partition coefficient (Wildman–Crippen LogP) is 19.9. The molecule has 0 spiro atoms. The van der Waals surface area contributed by atoms with Crippen molar-refractivity contribution >= 4 is 11.9 Å². The van der Waals surface area contributed by atoms with Crippen LogP contribution in [0.4, 0.5) is 0 Å². The van der Waals surface area contributed by atoms with Crippen LogP contribution in [0.1, 0.15) is 322 Å². The first-order valence-electron chi connectivity index (χ1n) is 31.6. The minimum Gasteiger partial charge on any atom is -0.466 e. The number of aliphatic hydroxyl groups is 2. The van der Waals surface area contributed by atoms with Gasteiger partial charge in [-0.1, -0.05) is 280 Å². The maximum Gasteiger partial charge on any atom is 0.305 e. The summed E-state index contributed by atoms with van der Waals surface area (Å²) in [5.41, 5.74) is 0.